The third-order valence-electron chi connectivity index (χ3n) is 3.11. The summed E-state index contributed by atoms with van der Waals surface area (Å²) in [6.45, 7) is 1.72. The Bertz CT molecular complexity index is 781. The predicted molar refractivity (Wildman–Crippen MR) is 75.3 cm³/mol. The highest BCUT2D eigenvalue weighted by molar-refractivity contribution is 6.20. The van der Waals surface area contributed by atoms with E-state index in [1.165, 1.54) is 12.1 Å². The van der Waals surface area contributed by atoms with Crippen LogP contribution in [0, 0.1) is 11.6 Å². The topological polar surface area (TPSA) is 17.8 Å². The van der Waals surface area contributed by atoms with Gasteiger partial charge in [0.1, 0.15) is 17.2 Å². The van der Waals surface area contributed by atoms with E-state index in [9.17, 15) is 8.78 Å². The summed E-state index contributed by atoms with van der Waals surface area (Å²) in [5.41, 5.74) is 0.999. The van der Waals surface area contributed by atoms with Crippen LogP contribution in [0.25, 0.3) is 16.7 Å². The van der Waals surface area contributed by atoms with Gasteiger partial charge in [-0.05, 0) is 31.2 Å². The van der Waals surface area contributed by atoms with E-state index >= 15 is 0 Å². The van der Waals surface area contributed by atoms with Gasteiger partial charge in [-0.1, -0.05) is 18.2 Å². The average molecular weight is 293 g/mol. The minimum absolute atomic E-state index is 0.193. The number of nitrogens with zero attached hydrogens (tertiary/aromatic N) is 2. The molecule has 1 aromatic heterocycles. The normalized spacial score (nSPS) is 12.8. The molecular weight excluding hydrogens is 282 g/mol. The van der Waals surface area contributed by atoms with Crippen LogP contribution in [0.4, 0.5) is 8.78 Å². The first kappa shape index (κ1) is 13.1. The number of aromatic nitrogens is 2. The van der Waals surface area contributed by atoms with Crippen molar-refractivity contribution in [3.8, 4) is 5.69 Å². The van der Waals surface area contributed by atoms with Gasteiger partial charge in [-0.2, -0.15) is 0 Å². The second-order valence-electron chi connectivity index (χ2n) is 4.48. The Kier molecular flexibility index (Phi) is 3.18. The van der Waals surface area contributed by atoms with Gasteiger partial charge in [0, 0.05) is 0 Å². The summed E-state index contributed by atoms with van der Waals surface area (Å²) < 4.78 is 29.4. The molecular formula is C15H11ClF2N2. The first-order valence-corrected chi connectivity index (χ1v) is 6.59. The van der Waals surface area contributed by atoms with Crippen LogP contribution in [-0.4, -0.2) is 9.55 Å². The van der Waals surface area contributed by atoms with Crippen molar-refractivity contribution in [1.82, 2.24) is 9.55 Å². The minimum atomic E-state index is -0.471. The second-order valence-corrected chi connectivity index (χ2v) is 5.14. The lowest BCUT2D eigenvalue weighted by molar-refractivity contribution is 0.616. The first-order chi connectivity index (χ1) is 9.59. The number of hydrogen-bond donors (Lipinski definition) is 0. The van der Waals surface area contributed by atoms with Gasteiger partial charge in [0.2, 0.25) is 0 Å². The fourth-order valence-electron chi connectivity index (χ4n) is 2.24. The molecule has 1 heterocycles. The maximum atomic E-state index is 14.0. The molecule has 0 radical (unpaired) electrons. The summed E-state index contributed by atoms with van der Waals surface area (Å²) in [6.07, 6.45) is 0. The fraction of sp³-hybridized carbons (Fsp3) is 0.133. The van der Waals surface area contributed by atoms with Crippen molar-refractivity contribution >= 4 is 22.6 Å². The average Bonchev–Trinajstić information content (AvgIpc) is 2.80. The zero-order valence-corrected chi connectivity index (χ0v) is 11.4. The van der Waals surface area contributed by atoms with E-state index in [1.54, 1.807) is 41.8 Å². The number of alkyl halides is 1. The van der Waals surface area contributed by atoms with Gasteiger partial charge >= 0.3 is 0 Å². The first-order valence-electron chi connectivity index (χ1n) is 6.15. The number of para-hydroxylation sites is 2. The van der Waals surface area contributed by atoms with Crippen molar-refractivity contribution in [3.05, 3.63) is 59.9 Å². The zero-order chi connectivity index (χ0) is 14.3. The van der Waals surface area contributed by atoms with Gasteiger partial charge in [0.25, 0.3) is 0 Å². The molecule has 2 nitrogen and oxygen atoms in total. The van der Waals surface area contributed by atoms with Crippen molar-refractivity contribution in [2.24, 2.45) is 0 Å². The Hall–Kier alpha value is -1.94. The molecule has 2 aromatic carbocycles. The van der Waals surface area contributed by atoms with E-state index in [0.717, 1.165) is 0 Å². The van der Waals surface area contributed by atoms with Gasteiger partial charge in [0.15, 0.2) is 5.82 Å². The largest absolute Gasteiger partial charge is 0.292 e. The van der Waals surface area contributed by atoms with Crippen LogP contribution < -0.4 is 0 Å². The summed E-state index contributed by atoms with van der Waals surface area (Å²) in [4.78, 5) is 4.22. The molecule has 5 heteroatoms. The van der Waals surface area contributed by atoms with Crippen LogP contribution in [-0.2, 0) is 0 Å². The molecule has 0 amide bonds. The second kappa shape index (κ2) is 4.87. The molecule has 0 bridgehead atoms. The minimum Gasteiger partial charge on any atom is -0.292 e. The Morgan fingerprint density at radius 3 is 2.45 bits per heavy atom. The quantitative estimate of drug-likeness (QED) is 0.631. The molecule has 20 heavy (non-hydrogen) atoms. The number of benzene rings is 2. The number of hydrogen-bond acceptors (Lipinski definition) is 1. The third-order valence-corrected chi connectivity index (χ3v) is 3.31. The van der Waals surface area contributed by atoms with Crippen molar-refractivity contribution in [1.29, 1.82) is 0 Å². The summed E-state index contributed by atoms with van der Waals surface area (Å²) in [5.74, 6) is -0.442. The Balaban J connectivity index is 2.42. The number of halogens is 3. The monoisotopic (exact) mass is 292 g/mol. The maximum Gasteiger partial charge on any atom is 0.151 e. The molecule has 102 valence electrons. The third kappa shape index (κ3) is 1.96. The highest BCUT2D eigenvalue weighted by atomic mass is 35.5. The SMILES string of the molecule is CC(Cl)c1nc2c(F)cccc2n1-c1ccccc1F. The van der Waals surface area contributed by atoms with Crippen molar-refractivity contribution in [2.45, 2.75) is 12.3 Å². The van der Waals surface area contributed by atoms with Gasteiger partial charge in [0.05, 0.1) is 16.6 Å². The van der Waals surface area contributed by atoms with E-state index in [-0.39, 0.29) is 5.52 Å². The van der Waals surface area contributed by atoms with Gasteiger partial charge in [-0.3, -0.25) is 4.57 Å². The zero-order valence-electron chi connectivity index (χ0n) is 10.6. The van der Waals surface area contributed by atoms with E-state index < -0.39 is 17.0 Å². The Morgan fingerprint density at radius 2 is 1.75 bits per heavy atom. The van der Waals surface area contributed by atoms with Gasteiger partial charge < -0.3 is 0 Å². The highest BCUT2D eigenvalue weighted by Gasteiger charge is 2.19. The lowest BCUT2D eigenvalue weighted by Crippen LogP contribution is -2.03. The molecule has 0 saturated carbocycles. The lowest BCUT2D eigenvalue weighted by Gasteiger charge is -2.11. The van der Waals surface area contributed by atoms with Crippen LogP contribution in [0.15, 0.2) is 42.5 Å². The van der Waals surface area contributed by atoms with Gasteiger partial charge in [-0.25, -0.2) is 13.8 Å². The van der Waals surface area contributed by atoms with Crippen molar-refractivity contribution < 1.29 is 8.78 Å². The molecule has 1 unspecified atom stereocenters. The summed E-state index contributed by atoms with van der Waals surface area (Å²) >= 11 is 6.11. The fourth-order valence-corrected chi connectivity index (χ4v) is 2.38. The molecule has 3 rings (SSSR count). The standard InChI is InChI=1S/C15H11ClF2N2/c1-9(16)15-19-14-11(18)6-4-8-13(14)20(15)12-7-3-2-5-10(12)17/h2-9H,1H3. The summed E-state index contributed by atoms with van der Waals surface area (Å²) in [5, 5.41) is -0.471. The van der Waals surface area contributed by atoms with Crippen LogP contribution in [0.5, 0.6) is 0 Å². The van der Waals surface area contributed by atoms with Crippen molar-refractivity contribution in [3.63, 3.8) is 0 Å². The Morgan fingerprint density at radius 1 is 1.05 bits per heavy atom. The van der Waals surface area contributed by atoms with Crippen LogP contribution in [0.3, 0.4) is 0 Å². The van der Waals surface area contributed by atoms with Crippen LogP contribution >= 0.6 is 11.6 Å². The molecule has 0 spiro atoms. The highest BCUT2D eigenvalue weighted by Crippen LogP contribution is 2.30. The van der Waals surface area contributed by atoms with Gasteiger partial charge in [-0.15, -0.1) is 11.6 Å². The molecule has 0 N–H and O–H groups in total. The molecule has 0 aliphatic rings. The predicted octanol–water partition coefficient (Wildman–Crippen LogP) is 4.60. The molecule has 3 aromatic rings. The molecule has 0 fully saturated rings. The maximum absolute atomic E-state index is 14.0. The van der Waals surface area contributed by atoms with Crippen molar-refractivity contribution in [2.75, 3.05) is 0 Å². The molecule has 0 saturated heterocycles. The van der Waals surface area contributed by atoms with E-state index in [1.807, 2.05) is 0 Å². The van der Waals surface area contributed by atoms with Crippen LogP contribution in [0.2, 0.25) is 0 Å². The number of imidazole rings is 1. The Labute approximate surface area is 119 Å². The number of rotatable bonds is 2. The molecule has 0 aliphatic carbocycles. The van der Waals surface area contributed by atoms with E-state index in [0.29, 0.717) is 17.0 Å². The van der Waals surface area contributed by atoms with E-state index in [4.69, 9.17) is 11.6 Å². The smallest absolute Gasteiger partial charge is 0.151 e. The number of fused-ring (bicyclic) bond motifs is 1. The lowest BCUT2D eigenvalue weighted by atomic mass is 10.2. The molecule has 1 atom stereocenters. The van der Waals surface area contributed by atoms with E-state index in [2.05, 4.69) is 4.98 Å². The molecule has 0 aliphatic heterocycles. The summed E-state index contributed by atoms with van der Waals surface area (Å²) in [7, 11) is 0. The summed E-state index contributed by atoms with van der Waals surface area (Å²) in [6, 6.07) is 10.9. The van der Waals surface area contributed by atoms with Crippen LogP contribution in [0.1, 0.15) is 18.1 Å².